The van der Waals surface area contributed by atoms with Crippen LogP contribution in [0.2, 0.25) is 5.02 Å². The second-order valence-electron chi connectivity index (χ2n) is 5.66. The molecule has 7 heteroatoms. The first-order valence-electron chi connectivity index (χ1n) is 7.62. The number of aromatic nitrogens is 4. The topological polar surface area (TPSA) is 56.2 Å². The minimum absolute atomic E-state index is 0.729. The molecule has 0 spiro atoms. The molecular weight excluding hydrogens is 344 g/mol. The SMILES string of the molecule is Cc1noc(C)c1CCc1nnc2scc(-c3ccc(Cl)cc3)n12. The lowest BCUT2D eigenvalue weighted by atomic mass is 10.1. The lowest BCUT2D eigenvalue weighted by Crippen LogP contribution is -2.00. The van der Waals surface area contributed by atoms with Crippen LogP contribution >= 0.6 is 22.9 Å². The summed E-state index contributed by atoms with van der Waals surface area (Å²) in [7, 11) is 0. The average Bonchev–Trinajstić information content (AvgIpc) is 3.24. The van der Waals surface area contributed by atoms with Gasteiger partial charge in [0, 0.05) is 22.4 Å². The summed E-state index contributed by atoms with van der Waals surface area (Å²) < 4.78 is 7.36. The summed E-state index contributed by atoms with van der Waals surface area (Å²) in [6.07, 6.45) is 1.61. The Morgan fingerprint density at radius 2 is 1.92 bits per heavy atom. The Bertz CT molecular complexity index is 980. The third-order valence-corrected chi connectivity index (χ3v) is 5.21. The minimum Gasteiger partial charge on any atom is -0.361 e. The molecule has 122 valence electrons. The van der Waals surface area contributed by atoms with Gasteiger partial charge in [0.1, 0.15) is 11.6 Å². The Hall–Kier alpha value is -2.18. The van der Waals surface area contributed by atoms with Crippen molar-refractivity contribution in [2.24, 2.45) is 0 Å². The molecule has 0 saturated heterocycles. The van der Waals surface area contributed by atoms with Crippen LogP contribution in [0.5, 0.6) is 0 Å². The molecule has 0 unspecified atom stereocenters. The fraction of sp³-hybridized carbons (Fsp3) is 0.235. The number of aryl methyl sites for hydroxylation is 3. The molecule has 0 fully saturated rings. The van der Waals surface area contributed by atoms with Gasteiger partial charge in [-0.25, -0.2) is 0 Å². The molecular formula is C17H15ClN4OS. The van der Waals surface area contributed by atoms with Gasteiger partial charge in [0.25, 0.3) is 0 Å². The molecule has 0 aliphatic heterocycles. The quantitative estimate of drug-likeness (QED) is 0.539. The first-order valence-corrected chi connectivity index (χ1v) is 8.88. The van der Waals surface area contributed by atoms with Gasteiger partial charge >= 0.3 is 0 Å². The molecule has 24 heavy (non-hydrogen) atoms. The van der Waals surface area contributed by atoms with Gasteiger partial charge in [0.15, 0.2) is 0 Å². The van der Waals surface area contributed by atoms with E-state index in [2.05, 4.69) is 25.1 Å². The van der Waals surface area contributed by atoms with E-state index in [1.165, 1.54) is 0 Å². The summed E-state index contributed by atoms with van der Waals surface area (Å²) in [6.45, 7) is 3.91. The molecule has 0 radical (unpaired) electrons. The predicted octanol–water partition coefficient (Wildman–Crippen LogP) is 4.50. The third kappa shape index (κ3) is 2.61. The van der Waals surface area contributed by atoms with Crippen LogP contribution in [-0.4, -0.2) is 19.8 Å². The van der Waals surface area contributed by atoms with Crippen molar-refractivity contribution in [1.82, 2.24) is 19.8 Å². The summed E-state index contributed by atoms with van der Waals surface area (Å²) >= 11 is 7.58. The summed E-state index contributed by atoms with van der Waals surface area (Å²) in [5.41, 5.74) is 4.28. The molecule has 0 N–H and O–H groups in total. The van der Waals surface area contributed by atoms with E-state index in [-0.39, 0.29) is 0 Å². The number of thiazole rings is 1. The van der Waals surface area contributed by atoms with E-state index in [9.17, 15) is 0 Å². The van der Waals surface area contributed by atoms with Crippen LogP contribution in [0, 0.1) is 13.8 Å². The highest BCUT2D eigenvalue weighted by molar-refractivity contribution is 7.15. The molecule has 0 aliphatic carbocycles. The van der Waals surface area contributed by atoms with Crippen molar-refractivity contribution in [2.75, 3.05) is 0 Å². The second-order valence-corrected chi connectivity index (χ2v) is 6.94. The molecule has 1 aromatic carbocycles. The summed E-state index contributed by atoms with van der Waals surface area (Å²) in [4.78, 5) is 0.897. The maximum Gasteiger partial charge on any atom is 0.216 e. The Morgan fingerprint density at radius 1 is 1.12 bits per heavy atom. The monoisotopic (exact) mass is 358 g/mol. The molecule has 0 aliphatic rings. The molecule has 0 saturated carbocycles. The van der Waals surface area contributed by atoms with Crippen molar-refractivity contribution in [2.45, 2.75) is 26.7 Å². The number of nitrogens with zero attached hydrogens (tertiary/aromatic N) is 4. The Kier molecular flexibility index (Phi) is 3.86. The van der Waals surface area contributed by atoms with E-state index in [0.717, 1.165) is 56.9 Å². The van der Waals surface area contributed by atoms with Crippen LogP contribution in [0.15, 0.2) is 34.2 Å². The number of hydrogen-bond acceptors (Lipinski definition) is 5. The zero-order valence-corrected chi connectivity index (χ0v) is 14.9. The van der Waals surface area contributed by atoms with Gasteiger partial charge < -0.3 is 4.52 Å². The van der Waals surface area contributed by atoms with Gasteiger partial charge in [-0.15, -0.1) is 21.5 Å². The van der Waals surface area contributed by atoms with Crippen LogP contribution in [0.1, 0.15) is 22.8 Å². The van der Waals surface area contributed by atoms with Crippen LogP contribution in [0.25, 0.3) is 16.2 Å². The molecule has 3 heterocycles. The van der Waals surface area contributed by atoms with Crippen molar-refractivity contribution in [3.8, 4) is 11.3 Å². The maximum absolute atomic E-state index is 5.99. The summed E-state index contributed by atoms with van der Waals surface area (Å²) in [6, 6.07) is 7.83. The highest BCUT2D eigenvalue weighted by atomic mass is 35.5. The van der Waals surface area contributed by atoms with Gasteiger partial charge in [-0.05, 0) is 38.0 Å². The summed E-state index contributed by atoms with van der Waals surface area (Å²) in [5.74, 6) is 1.81. The molecule has 0 amide bonds. The Morgan fingerprint density at radius 3 is 2.62 bits per heavy atom. The van der Waals surface area contributed by atoms with Crippen LogP contribution in [-0.2, 0) is 12.8 Å². The van der Waals surface area contributed by atoms with Crippen LogP contribution < -0.4 is 0 Å². The predicted molar refractivity (Wildman–Crippen MR) is 94.7 cm³/mol. The minimum atomic E-state index is 0.729. The fourth-order valence-corrected chi connectivity index (χ4v) is 3.84. The average molecular weight is 359 g/mol. The largest absolute Gasteiger partial charge is 0.361 e. The lowest BCUT2D eigenvalue weighted by molar-refractivity contribution is 0.392. The molecule has 0 atom stereocenters. The van der Waals surface area contributed by atoms with Crippen molar-refractivity contribution in [3.63, 3.8) is 0 Å². The van der Waals surface area contributed by atoms with E-state index >= 15 is 0 Å². The normalized spacial score (nSPS) is 11.5. The number of benzene rings is 1. The van der Waals surface area contributed by atoms with Crippen molar-refractivity contribution in [3.05, 3.63) is 57.5 Å². The molecule has 4 rings (SSSR count). The van der Waals surface area contributed by atoms with Crippen LogP contribution in [0.4, 0.5) is 0 Å². The smallest absolute Gasteiger partial charge is 0.216 e. The number of halogens is 1. The van der Waals surface area contributed by atoms with Gasteiger partial charge in [0.2, 0.25) is 4.96 Å². The van der Waals surface area contributed by atoms with Gasteiger partial charge in [-0.2, -0.15) is 0 Å². The first kappa shape index (κ1) is 15.4. The standard InChI is InChI=1S/C17H15ClN4OS/c1-10-14(11(2)23-21-10)7-8-16-19-20-17-22(16)15(9-24-17)12-3-5-13(18)6-4-12/h3-6,9H,7-8H2,1-2H3. The summed E-state index contributed by atoms with van der Waals surface area (Å²) in [5, 5.41) is 15.5. The highest BCUT2D eigenvalue weighted by Gasteiger charge is 2.15. The van der Waals surface area contributed by atoms with Gasteiger partial charge in [0.05, 0.1) is 11.4 Å². The van der Waals surface area contributed by atoms with E-state index in [4.69, 9.17) is 16.1 Å². The second kappa shape index (κ2) is 6.03. The van der Waals surface area contributed by atoms with E-state index < -0.39 is 0 Å². The maximum atomic E-state index is 5.99. The van der Waals surface area contributed by atoms with E-state index in [1.807, 2.05) is 38.1 Å². The van der Waals surface area contributed by atoms with Crippen molar-refractivity contribution >= 4 is 27.9 Å². The number of rotatable bonds is 4. The molecule has 4 aromatic rings. The van der Waals surface area contributed by atoms with Crippen LogP contribution in [0.3, 0.4) is 0 Å². The zero-order valence-electron chi connectivity index (χ0n) is 13.3. The molecule has 5 nitrogen and oxygen atoms in total. The zero-order chi connectivity index (χ0) is 16.7. The van der Waals surface area contributed by atoms with Crippen molar-refractivity contribution < 1.29 is 4.52 Å². The van der Waals surface area contributed by atoms with E-state index in [1.54, 1.807) is 11.3 Å². The number of fused-ring (bicyclic) bond motifs is 1. The van der Waals surface area contributed by atoms with Gasteiger partial charge in [-0.3, -0.25) is 4.40 Å². The molecule has 0 bridgehead atoms. The Balaban J connectivity index is 1.69. The first-order chi connectivity index (χ1) is 11.6. The Labute approximate surface area is 147 Å². The van der Waals surface area contributed by atoms with Crippen molar-refractivity contribution in [1.29, 1.82) is 0 Å². The third-order valence-electron chi connectivity index (χ3n) is 4.14. The van der Waals surface area contributed by atoms with E-state index in [0.29, 0.717) is 0 Å². The molecule has 3 aromatic heterocycles. The lowest BCUT2D eigenvalue weighted by Gasteiger charge is -2.04. The fourth-order valence-electron chi connectivity index (χ4n) is 2.86. The highest BCUT2D eigenvalue weighted by Crippen LogP contribution is 2.28. The van der Waals surface area contributed by atoms with Gasteiger partial charge in [-0.1, -0.05) is 28.9 Å². The number of hydrogen-bond donors (Lipinski definition) is 0.